The van der Waals surface area contributed by atoms with Crippen molar-refractivity contribution in [3.63, 3.8) is 0 Å². The average Bonchev–Trinajstić information content (AvgIpc) is 2.74. The van der Waals surface area contributed by atoms with E-state index < -0.39 is 24.3 Å². The van der Waals surface area contributed by atoms with Gasteiger partial charge in [0.2, 0.25) is 0 Å². The van der Waals surface area contributed by atoms with E-state index in [4.69, 9.17) is 42.7 Å². The second-order valence-corrected chi connectivity index (χ2v) is 6.23. The second-order valence-electron chi connectivity index (χ2n) is 6.23. The molecular weight excluding hydrogens is 520 g/mol. The fourth-order valence-corrected chi connectivity index (χ4v) is 1.81. The van der Waals surface area contributed by atoms with Crippen molar-refractivity contribution in [3.8, 4) is 0 Å². The molecule has 2 aromatic carbocycles. The van der Waals surface area contributed by atoms with Crippen molar-refractivity contribution in [3.05, 3.63) is 54.1 Å². The zero-order valence-corrected chi connectivity index (χ0v) is 18.2. The minimum atomic E-state index is -5.08. The van der Waals surface area contributed by atoms with Gasteiger partial charge < -0.3 is 38.5 Å². The first kappa shape index (κ1) is 32.0. The van der Waals surface area contributed by atoms with Crippen LogP contribution < -0.4 is 28.3 Å². The van der Waals surface area contributed by atoms with Crippen LogP contribution in [0.2, 0.25) is 0 Å². The summed E-state index contributed by atoms with van der Waals surface area (Å²) in [5, 5.41) is 17.0. The molecule has 0 radical (unpaired) electrons. The van der Waals surface area contributed by atoms with E-state index in [-0.39, 0.29) is 17.8 Å². The number of hydrogen-bond acceptors (Lipinski definition) is 5. The third-order valence-corrected chi connectivity index (χ3v) is 3.26. The summed E-state index contributed by atoms with van der Waals surface area (Å²) < 4.78 is 63.5. The molecule has 11 N–H and O–H groups in total. The summed E-state index contributed by atoms with van der Waals surface area (Å²) in [7, 11) is 0. The number of hydrogen-bond donors (Lipinski definition) is 7. The van der Waals surface area contributed by atoms with Gasteiger partial charge in [0.25, 0.3) is 5.91 Å². The van der Waals surface area contributed by atoms with Gasteiger partial charge in [-0.15, -0.1) is 0 Å². The highest BCUT2D eigenvalue weighted by molar-refractivity contribution is 6.04. The second kappa shape index (κ2) is 13.8. The lowest BCUT2D eigenvalue weighted by atomic mass is 10.2. The maximum atomic E-state index is 12.1. The highest BCUT2D eigenvalue weighted by Gasteiger charge is 2.38. The summed E-state index contributed by atoms with van der Waals surface area (Å²) in [6, 6.07) is 13.3. The Morgan fingerprint density at radius 3 is 1.22 bits per heavy atom. The first-order valence-electron chi connectivity index (χ1n) is 9.14. The van der Waals surface area contributed by atoms with Crippen LogP contribution in [0.25, 0.3) is 0 Å². The molecule has 0 bridgehead atoms. The van der Waals surface area contributed by atoms with E-state index in [9.17, 15) is 31.1 Å². The lowest BCUT2D eigenvalue weighted by Gasteiger charge is -2.06. The van der Waals surface area contributed by atoms with Crippen LogP contribution in [0.4, 0.5) is 43.4 Å². The van der Waals surface area contributed by atoms with E-state index >= 15 is 0 Å². The zero-order valence-electron chi connectivity index (χ0n) is 18.2. The van der Waals surface area contributed by atoms with Crippen molar-refractivity contribution in [2.75, 3.05) is 5.32 Å². The number of alkyl halides is 6. The molecule has 0 aromatic heterocycles. The van der Waals surface area contributed by atoms with Crippen molar-refractivity contribution in [1.29, 1.82) is 0 Å². The molecule has 2 rings (SSSR count). The van der Waals surface area contributed by atoms with Crippen LogP contribution >= 0.6 is 0 Å². The van der Waals surface area contributed by atoms with Crippen molar-refractivity contribution >= 4 is 46.8 Å². The summed E-state index contributed by atoms with van der Waals surface area (Å²) in [5.74, 6) is -5.83. The smallest absolute Gasteiger partial charge is 0.475 e. The maximum absolute atomic E-state index is 12.1. The standard InChI is InChI=1S/C15H17N7O.2C2HF3O2/c16-14(17)21-11-3-1-9(2-4-11)13(23)20-10-5-7-12(8-6-10)22-15(18)19;2*3-2(4,5)1(6)7/h1-8H,(H,20,23)(H4,16,17,21)(H4,18,19,22);2*(H,6,7). The molecule has 202 valence electrons. The first-order valence-corrected chi connectivity index (χ1v) is 9.14. The van der Waals surface area contributed by atoms with E-state index in [0.29, 0.717) is 22.6 Å². The van der Waals surface area contributed by atoms with Crippen LogP contribution in [-0.4, -0.2) is 52.3 Å². The number of aliphatic carboxylic acids is 2. The average molecular weight is 539 g/mol. The molecule has 0 unspecified atom stereocenters. The number of rotatable bonds is 4. The summed E-state index contributed by atoms with van der Waals surface area (Å²) in [4.78, 5) is 37.7. The van der Waals surface area contributed by atoms with Crippen LogP contribution in [0, 0.1) is 0 Å². The van der Waals surface area contributed by atoms with Gasteiger partial charge in [0.05, 0.1) is 11.4 Å². The fourth-order valence-electron chi connectivity index (χ4n) is 1.81. The van der Waals surface area contributed by atoms with Crippen LogP contribution in [0.5, 0.6) is 0 Å². The number of carbonyl (C=O) groups is 3. The van der Waals surface area contributed by atoms with Crippen molar-refractivity contribution < 1.29 is 50.9 Å². The molecule has 18 heteroatoms. The molecule has 12 nitrogen and oxygen atoms in total. The molecular formula is C19H19F6N7O5. The third kappa shape index (κ3) is 14.1. The molecule has 0 saturated carbocycles. The number of nitrogens with zero attached hydrogens (tertiary/aromatic N) is 2. The Morgan fingerprint density at radius 1 is 0.649 bits per heavy atom. The quantitative estimate of drug-likeness (QED) is 0.171. The Morgan fingerprint density at radius 2 is 0.946 bits per heavy atom. The van der Waals surface area contributed by atoms with Gasteiger partial charge in [-0.3, -0.25) is 4.79 Å². The minimum absolute atomic E-state index is 0.0253. The molecule has 0 atom stereocenters. The molecule has 0 aliphatic carbocycles. The monoisotopic (exact) mass is 539 g/mol. The highest BCUT2D eigenvalue weighted by atomic mass is 19.4. The number of anilines is 1. The number of benzene rings is 2. The molecule has 0 heterocycles. The van der Waals surface area contributed by atoms with Gasteiger partial charge in [0.15, 0.2) is 11.9 Å². The van der Waals surface area contributed by atoms with Crippen LogP contribution in [0.3, 0.4) is 0 Å². The van der Waals surface area contributed by atoms with Gasteiger partial charge >= 0.3 is 24.3 Å². The van der Waals surface area contributed by atoms with Crippen LogP contribution in [-0.2, 0) is 9.59 Å². The van der Waals surface area contributed by atoms with E-state index in [2.05, 4.69) is 15.3 Å². The Balaban J connectivity index is 0.000000761. The van der Waals surface area contributed by atoms with E-state index in [0.717, 1.165) is 0 Å². The van der Waals surface area contributed by atoms with Gasteiger partial charge in [-0.05, 0) is 48.5 Å². The van der Waals surface area contributed by atoms with Crippen molar-refractivity contribution in [2.24, 2.45) is 32.9 Å². The molecule has 1 amide bonds. The van der Waals surface area contributed by atoms with E-state index in [1.165, 1.54) is 0 Å². The summed E-state index contributed by atoms with van der Waals surface area (Å²) in [6.45, 7) is 0. The lowest BCUT2D eigenvalue weighted by molar-refractivity contribution is -0.193. The molecule has 0 saturated heterocycles. The SMILES string of the molecule is NC(N)=Nc1ccc(NC(=O)c2ccc(N=C(N)N)cc2)cc1.O=C(O)C(F)(F)F.O=C(O)C(F)(F)F. The maximum Gasteiger partial charge on any atom is 0.490 e. The number of carbonyl (C=O) groups excluding carboxylic acids is 1. The zero-order chi connectivity index (χ0) is 29.0. The Bertz CT molecular complexity index is 1100. The fraction of sp³-hybridized carbons (Fsp3) is 0.105. The topological polar surface area (TPSA) is 232 Å². The summed E-state index contributed by atoms with van der Waals surface area (Å²) >= 11 is 0. The number of nitrogens with two attached hydrogens (primary N) is 4. The number of aliphatic imine (C=N–C) groups is 2. The van der Waals surface area contributed by atoms with E-state index in [1.807, 2.05) is 0 Å². The molecule has 0 aliphatic heterocycles. The van der Waals surface area contributed by atoms with Gasteiger partial charge in [-0.25, -0.2) is 19.6 Å². The van der Waals surface area contributed by atoms with Gasteiger partial charge in [-0.1, -0.05) is 0 Å². The number of nitrogens with one attached hydrogen (secondary N) is 1. The Kier molecular flexibility index (Phi) is 11.9. The molecule has 0 spiro atoms. The number of carboxylic acids is 2. The molecule has 0 aliphatic rings. The lowest BCUT2D eigenvalue weighted by Crippen LogP contribution is -2.21. The molecule has 0 fully saturated rings. The number of carboxylic acid groups (broad SMARTS) is 2. The normalized spacial score (nSPS) is 10.3. The van der Waals surface area contributed by atoms with Gasteiger partial charge in [-0.2, -0.15) is 26.3 Å². The Hall–Kier alpha value is -5.03. The van der Waals surface area contributed by atoms with E-state index in [1.54, 1.807) is 48.5 Å². The van der Waals surface area contributed by atoms with Crippen LogP contribution in [0.15, 0.2) is 58.5 Å². The summed E-state index contributed by atoms with van der Waals surface area (Å²) in [6.07, 6.45) is -10.2. The Labute approximate surface area is 203 Å². The predicted molar refractivity (Wildman–Crippen MR) is 119 cm³/mol. The highest BCUT2D eigenvalue weighted by Crippen LogP contribution is 2.18. The molecule has 2 aromatic rings. The number of guanidine groups is 2. The largest absolute Gasteiger partial charge is 0.490 e. The van der Waals surface area contributed by atoms with Crippen molar-refractivity contribution in [2.45, 2.75) is 12.4 Å². The predicted octanol–water partition coefficient (Wildman–Crippen LogP) is 2.02. The number of halogens is 6. The number of amides is 1. The van der Waals surface area contributed by atoms with Gasteiger partial charge in [0.1, 0.15) is 0 Å². The first-order chi connectivity index (χ1) is 16.8. The third-order valence-electron chi connectivity index (χ3n) is 3.26. The summed E-state index contributed by atoms with van der Waals surface area (Å²) in [5.41, 5.74) is 23.4. The molecule has 37 heavy (non-hydrogen) atoms. The van der Waals surface area contributed by atoms with Gasteiger partial charge in [0, 0.05) is 11.3 Å². The minimum Gasteiger partial charge on any atom is -0.475 e. The van der Waals surface area contributed by atoms with Crippen LogP contribution in [0.1, 0.15) is 10.4 Å². The van der Waals surface area contributed by atoms with Crippen molar-refractivity contribution in [1.82, 2.24) is 0 Å².